The zero-order chi connectivity index (χ0) is 17.1. The van der Waals surface area contributed by atoms with Gasteiger partial charge in [-0.2, -0.15) is 0 Å². The van der Waals surface area contributed by atoms with Gasteiger partial charge in [0.05, 0.1) is 9.38 Å². The molecule has 0 saturated carbocycles. The van der Waals surface area contributed by atoms with Crippen LogP contribution in [-0.4, -0.2) is 10.2 Å². The first-order valence-corrected chi connectivity index (χ1v) is 9.74. The number of halogens is 2. The monoisotopic (exact) mass is 483 g/mol. The molecular weight excluding hydrogens is 474 g/mol. The van der Waals surface area contributed by atoms with Crippen LogP contribution in [0.3, 0.4) is 0 Å². The molecule has 2 aromatic rings. The molecule has 24 heavy (non-hydrogen) atoms. The van der Waals surface area contributed by atoms with E-state index in [-0.39, 0.29) is 5.91 Å². The van der Waals surface area contributed by atoms with E-state index in [2.05, 4.69) is 37.2 Å². The predicted molar refractivity (Wildman–Crippen MR) is 109 cm³/mol. The highest BCUT2D eigenvalue weighted by Crippen LogP contribution is 2.37. The fraction of sp³-hybridized carbons (Fsp3) is 0.0588. The number of amides is 1. The van der Waals surface area contributed by atoms with E-state index in [0.29, 0.717) is 21.6 Å². The van der Waals surface area contributed by atoms with Crippen molar-refractivity contribution < 1.29 is 9.53 Å². The van der Waals surface area contributed by atoms with Crippen molar-refractivity contribution in [3.8, 4) is 5.75 Å². The molecule has 0 unspecified atom stereocenters. The number of ether oxygens (including phenoxy) is 1. The highest BCUT2D eigenvalue weighted by molar-refractivity contribution is 9.11. The number of rotatable bonds is 4. The Kier molecular flexibility index (Phi) is 5.76. The Balaban J connectivity index is 1.92. The summed E-state index contributed by atoms with van der Waals surface area (Å²) in [6, 6.07) is 13.7. The normalized spacial score (nSPS) is 15.7. The largest absolute Gasteiger partial charge is 0.487 e. The number of hydrogen-bond acceptors (Lipinski definition) is 4. The molecule has 1 aliphatic rings. The quantitative estimate of drug-likeness (QED) is 0.473. The van der Waals surface area contributed by atoms with Crippen molar-refractivity contribution in [2.45, 2.75) is 6.61 Å². The molecule has 7 heteroatoms. The third kappa shape index (κ3) is 4.27. The molecule has 1 fully saturated rings. The second-order valence-corrected chi connectivity index (χ2v) is 8.42. The molecule has 1 N–H and O–H groups in total. The fourth-order valence-corrected chi connectivity index (χ4v) is 4.54. The Morgan fingerprint density at radius 2 is 1.96 bits per heavy atom. The molecule has 3 rings (SSSR count). The molecule has 2 aromatic carbocycles. The van der Waals surface area contributed by atoms with Gasteiger partial charge in [0.15, 0.2) is 0 Å². The van der Waals surface area contributed by atoms with E-state index in [9.17, 15) is 4.79 Å². The number of nitrogens with one attached hydrogen (secondary N) is 1. The van der Waals surface area contributed by atoms with Crippen LogP contribution >= 0.6 is 55.8 Å². The van der Waals surface area contributed by atoms with Crippen molar-refractivity contribution in [3.63, 3.8) is 0 Å². The molecule has 1 heterocycles. The van der Waals surface area contributed by atoms with Gasteiger partial charge in [-0.05, 0) is 39.7 Å². The van der Waals surface area contributed by atoms with Gasteiger partial charge in [-0.25, -0.2) is 0 Å². The van der Waals surface area contributed by atoms with Gasteiger partial charge in [-0.3, -0.25) is 4.79 Å². The van der Waals surface area contributed by atoms with Gasteiger partial charge in [0, 0.05) is 10.0 Å². The Hall–Kier alpha value is -1.15. The number of thiocarbonyl (C=S) groups is 1. The van der Waals surface area contributed by atoms with Crippen molar-refractivity contribution in [2.24, 2.45) is 0 Å². The Morgan fingerprint density at radius 1 is 1.21 bits per heavy atom. The van der Waals surface area contributed by atoms with Crippen molar-refractivity contribution in [2.75, 3.05) is 0 Å². The average molecular weight is 485 g/mol. The Bertz CT molecular complexity index is 838. The van der Waals surface area contributed by atoms with E-state index in [1.54, 1.807) is 6.08 Å². The Labute approximate surface area is 166 Å². The van der Waals surface area contributed by atoms with E-state index in [1.165, 1.54) is 11.8 Å². The molecular formula is C17H11Br2NO2S2. The lowest BCUT2D eigenvalue weighted by Gasteiger charge is -2.12. The maximum absolute atomic E-state index is 11.9. The highest BCUT2D eigenvalue weighted by Gasteiger charge is 2.23. The molecule has 0 aromatic heterocycles. The van der Waals surface area contributed by atoms with Crippen LogP contribution in [0.25, 0.3) is 6.08 Å². The standard InChI is InChI=1S/C17H11Br2NO2S2/c18-12-6-11(7-14-16(21)20-17(23)24-14)15(13(19)8-12)22-9-10-4-2-1-3-5-10/h1-8H,9H2,(H,20,21,23)/b14-7-. The second kappa shape index (κ2) is 7.82. The topological polar surface area (TPSA) is 38.3 Å². The SMILES string of the molecule is O=C1NC(=S)S/C1=C\c1cc(Br)cc(Br)c1OCc1ccccc1. The molecule has 0 spiro atoms. The number of benzene rings is 2. The van der Waals surface area contributed by atoms with E-state index in [1.807, 2.05) is 42.5 Å². The smallest absolute Gasteiger partial charge is 0.263 e. The summed E-state index contributed by atoms with van der Waals surface area (Å²) in [4.78, 5) is 12.4. The van der Waals surface area contributed by atoms with E-state index >= 15 is 0 Å². The summed E-state index contributed by atoms with van der Waals surface area (Å²) in [6.07, 6.45) is 1.79. The van der Waals surface area contributed by atoms with Gasteiger partial charge in [0.1, 0.15) is 16.7 Å². The summed E-state index contributed by atoms with van der Waals surface area (Å²) in [5.41, 5.74) is 1.87. The molecule has 1 amide bonds. The van der Waals surface area contributed by atoms with E-state index in [4.69, 9.17) is 17.0 Å². The minimum atomic E-state index is -0.185. The lowest BCUT2D eigenvalue weighted by atomic mass is 10.1. The van der Waals surface area contributed by atoms with Gasteiger partial charge in [0.2, 0.25) is 0 Å². The van der Waals surface area contributed by atoms with Crippen LogP contribution in [0.2, 0.25) is 0 Å². The van der Waals surface area contributed by atoms with Crippen molar-refractivity contribution in [1.82, 2.24) is 5.32 Å². The fourth-order valence-electron chi connectivity index (χ4n) is 2.13. The van der Waals surface area contributed by atoms with Crippen molar-refractivity contribution in [3.05, 3.63) is 67.4 Å². The number of hydrogen-bond donors (Lipinski definition) is 1. The van der Waals surface area contributed by atoms with Gasteiger partial charge in [0.25, 0.3) is 5.91 Å². The summed E-state index contributed by atoms with van der Waals surface area (Å²) in [7, 11) is 0. The third-order valence-electron chi connectivity index (χ3n) is 3.19. The lowest BCUT2D eigenvalue weighted by molar-refractivity contribution is -0.115. The second-order valence-electron chi connectivity index (χ2n) is 4.93. The summed E-state index contributed by atoms with van der Waals surface area (Å²) in [5.74, 6) is 0.496. The average Bonchev–Trinajstić information content (AvgIpc) is 2.85. The maximum Gasteiger partial charge on any atom is 0.263 e. The summed E-state index contributed by atoms with van der Waals surface area (Å²) >= 11 is 13.3. The molecule has 0 bridgehead atoms. The zero-order valence-electron chi connectivity index (χ0n) is 12.2. The molecule has 1 aliphatic heterocycles. The molecule has 0 aliphatic carbocycles. The van der Waals surface area contributed by atoms with E-state index < -0.39 is 0 Å². The number of thioether (sulfide) groups is 1. The van der Waals surface area contributed by atoms with Crippen molar-refractivity contribution >= 4 is 72.1 Å². The summed E-state index contributed by atoms with van der Waals surface area (Å²) < 4.78 is 8.16. The molecule has 122 valence electrons. The van der Waals surface area contributed by atoms with Gasteiger partial charge in [-0.15, -0.1) is 0 Å². The van der Waals surface area contributed by atoms with Crippen LogP contribution in [-0.2, 0) is 11.4 Å². The van der Waals surface area contributed by atoms with Crippen LogP contribution in [0.5, 0.6) is 5.75 Å². The lowest BCUT2D eigenvalue weighted by Crippen LogP contribution is -2.17. The van der Waals surface area contributed by atoms with Crippen LogP contribution in [0, 0.1) is 0 Å². The first kappa shape index (κ1) is 17.7. The van der Waals surface area contributed by atoms with Crippen LogP contribution in [0.15, 0.2) is 56.3 Å². The molecule has 0 radical (unpaired) electrons. The first-order chi connectivity index (χ1) is 11.5. The molecule has 1 saturated heterocycles. The number of carbonyl (C=O) groups is 1. The van der Waals surface area contributed by atoms with Gasteiger partial charge < -0.3 is 10.1 Å². The minimum absolute atomic E-state index is 0.185. The minimum Gasteiger partial charge on any atom is -0.487 e. The predicted octanol–water partition coefficient (Wildman–Crippen LogP) is 5.28. The van der Waals surface area contributed by atoms with Crippen LogP contribution in [0.4, 0.5) is 0 Å². The van der Waals surface area contributed by atoms with Crippen LogP contribution in [0.1, 0.15) is 11.1 Å². The number of carbonyl (C=O) groups excluding carboxylic acids is 1. The molecule has 0 atom stereocenters. The van der Waals surface area contributed by atoms with Gasteiger partial charge >= 0.3 is 0 Å². The van der Waals surface area contributed by atoms with Crippen LogP contribution < -0.4 is 10.1 Å². The third-order valence-corrected chi connectivity index (χ3v) is 5.40. The highest BCUT2D eigenvalue weighted by atomic mass is 79.9. The maximum atomic E-state index is 11.9. The first-order valence-electron chi connectivity index (χ1n) is 6.93. The van der Waals surface area contributed by atoms with E-state index in [0.717, 1.165) is 20.1 Å². The zero-order valence-corrected chi connectivity index (χ0v) is 17.0. The molecule has 3 nitrogen and oxygen atoms in total. The summed E-state index contributed by atoms with van der Waals surface area (Å²) in [5, 5.41) is 2.62. The Morgan fingerprint density at radius 3 is 2.62 bits per heavy atom. The van der Waals surface area contributed by atoms with Gasteiger partial charge in [-0.1, -0.05) is 70.2 Å². The summed E-state index contributed by atoms with van der Waals surface area (Å²) in [6.45, 7) is 0.439. The van der Waals surface area contributed by atoms with Crippen molar-refractivity contribution in [1.29, 1.82) is 0 Å².